The van der Waals surface area contributed by atoms with Crippen LogP contribution in [0.1, 0.15) is 155 Å². The Balaban J connectivity index is 4.49. The molecule has 0 aliphatic carbocycles. The van der Waals surface area contributed by atoms with Gasteiger partial charge in [-0.2, -0.15) is 0 Å². The van der Waals surface area contributed by atoms with Crippen molar-refractivity contribution in [3.8, 4) is 0 Å². The van der Waals surface area contributed by atoms with E-state index in [4.69, 9.17) is 14.2 Å². The molecule has 2 unspecified atom stereocenters. The number of hydrogen-bond donors (Lipinski definition) is 0. The van der Waals surface area contributed by atoms with E-state index in [2.05, 4.69) is 74.6 Å². The smallest absolute Gasteiger partial charge is 0.306 e. The number of carbonyl (C=O) groups is 3. The lowest BCUT2D eigenvalue weighted by Gasteiger charge is -2.34. The topological polar surface area (TPSA) is 102 Å². The van der Waals surface area contributed by atoms with Gasteiger partial charge >= 0.3 is 11.9 Å². The van der Waals surface area contributed by atoms with Crippen LogP contribution in [0, 0.1) is 0 Å². The van der Waals surface area contributed by atoms with Crippen LogP contribution in [0.15, 0.2) is 60.8 Å². The normalized spacial score (nSPS) is 13.6. The van der Waals surface area contributed by atoms with Crippen LogP contribution in [0.3, 0.4) is 0 Å². The lowest BCUT2D eigenvalue weighted by atomic mass is 10.1. The van der Waals surface area contributed by atoms with Gasteiger partial charge in [-0.05, 0) is 77.0 Å². The number of esters is 2. The summed E-state index contributed by atoms with van der Waals surface area (Å²) in [6.45, 7) is 4.52. The summed E-state index contributed by atoms with van der Waals surface area (Å²) in [7, 11) is 5.38. The van der Waals surface area contributed by atoms with Gasteiger partial charge in [0.05, 0.1) is 40.3 Å². The number of quaternary nitrogens is 1. The van der Waals surface area contributed by atoms with Gasteiger partial charge in [-0.3, -0.25) is 9.59 Å². The molecular weight excluding hydrogens is 666 g/mol. The maximum atomic E-state index is 12.7. The van der Waals surface area contributed by atoms with E-state index in [1.54, 1.807) is 21.1 Å². The number of nitrogens with zero attached hydrogens (tertiary/aromatic N) is 1. The van der Waals surface area contributed by atoms with Crippen molar-refractivity contribution in [2.45, 2.75) is 167 Å². The predicted molar refractivity (Wildman–Crippen MR) is 217 cm³/mol. The average Bonchev–Trinajstić information content (AvgIpc) is 3.11. The summed E-state index contributed by atoms with van der Waals surface area (Å²) >= 11 is 0. The number of likely N-dealkylation sites (N-methyl/N-ethyl adjacent to an activating group) is 1. The fourth-order valence-electron chi connectivity index (χ4n) is 5.59. The first kappa shape index (κ1) is 50.0. The molecule has 0 amide bonds. The van der Waals surface area contributed by atoms with Crippen molar-refractivity contribution >= 4 is 17.9 Å². The van der Waals surface area contributed by atoms with Gasteiger partial charge in [0.25, 0.3) is 0 Å². The van der Waals surface area contributed by atoms with E-state index in [1.165, 1.54) is 51.4 Å². The third kappa shape index (κ3) is 34.5. The first-order valence-corrected chi connectivity index (χ1v) is 20.8. The van der Waals surface area contributed by atoms with E-state index in [-0.39, 0.29) is 49.1 Å². The minimum Gasteiger partial charge on any atom is -0.544 e. The number of hydrogen-bond acceptors (Lipinski definition) is 7. The first-order chi connectivity index (χ1) is 25.6. The molecule has 0 fully saturated rings. The molecule has 0 spiro atoms. The molecule has 0 bridgehead atoms. The Morgan fingerprint density at radius 2 is 1.02 bits per heavy atom. The van der Waals surface area contributed by atoms with Gasteiger partial charge in [0.2, 0.25) is 0 Å². The Kier molecular flexibility index (Phi) is 34.0. The number of allylic oxidation sites excluding steroid dienone is 10. The van der Waals surface area contributed by atoms with Crippen molar-refractivity contribution in [3.05, 3.63) is 60.8 Å². The quantitative estimate of drug-likeness (QED) is 0.0273. The van der Waals surface area contributed by atoms with Gasteiger partial charge in [-0.25, -0.2) is 0 Å². The molecule has 0 N–H and O–H groups in total. The molecule has 0 aliphatic rings. The molecule has 0 aromatic heterocycles. The summed E-state index contributed by atoms with van der Waals surface area (Å²) in [6.07, 6.45) is 42.5. The van der Waals surface area contributed by atoms with Gasteiger partial charge in [0.15, 0.2) is 6.10 Å². The first-order valence-electron chi connectivity index (χ1n) is 20.8. The van der Waals surface area contributed by atoms with Gasteiger partial charge in [0.1, 0.15) is 12.6 Å². The van der Waals surface area contributed by atoms with E-state index in [1.807, 2.05) is 0 Å². The molecule has 304 valence electrons. The van der Waals surface area contributed by atoms with E-state index < -0.39 is 18.1 Å². The molecule has 0 rings (SSSR count). The number of carboxylic acid groups (broad SMARTS) is 1. The van der Waals surface area contributed by atoms with Gasteiger partial charge in [-0.15, -0.1) is 0 Å². The Labute approximate surface area is 324 Å². The van der Waals surface area contributed by atoms with E-state index in [0.29, 0.717) is 12.8 Å². The molecule has 0 aromatic carbocycles. The van der Waals surface area contributed by atoms with Crippen molar-refractivity contribution in [2.24, 2.45) is 0 Å². The van der Waals surface area contributed by atoms with Crippen molar-refractivity contribution in [1.82, 2.24) is 0 Å². The fourth-order valence-corrected chi connectivity index (χ4v) is 5.59. The molecule has 8 nitrogen and oxygen atoms in total. The highest BCUT2D eigenvalue weighted by atomic mass is 16.6. The van der Waals surface area contributed by atoms with Crippen LogP contribution in [-0.4, -0.2) is 75.5 Å². The second kappa shape index (κ2) is 36.0. The molecule has 0 saturated carbocycles. The number of rotatable bonds is 36. The lowest BCUT2D eigenvalue weighted by molar-refractivity contribution is -0.889. The maximum Gasteiger partial charge on any atom is 0.306 e. The van der Waals surface area contributed by atoms with Crippen LogP contribution < -0.4 is 5.11 Å². The highest BCUT2D eigenvalue weighted by Gasteiger charge is 2.25. The Hall–Kier alpha value is -2.97. The van der Waals surface area contributed by atoms with Crippen LogP contribution in [0.4, 0.5) is 0 Å². The SMILES string of the molecule is CCCCC/C=C/C/C=C/C/C=C/C/C=C/CCCC(=O)OCC(COCCC(C(=O)[O-])[N+](C)(C)C)OC(=O)CCCCCCC/C=C/CCCCC. The van der Waals surface area contributed by atoms with E-state index in [9.17, 15) is 19.5 Å². The number of unbranched alkanes of at least 4 members (excludes halogenated alkanes) is 12. The molecule has 8 heteroatoms. The molecule has 0 radical (unpaired) electrons. The summed E-state index contributed by atoms with van der Waals surface area (Å²) < 4.78 is 17.1. The summed E-state index contributed by atoms with van der Waals surface area (Å²) in [5.41, 5.74) is 0. The molecule has 2 atom stereocenters. The fraction of sp³-hybridized carbons (Fsp3) is 0.711. The number of carboxylic acids is 1. The number of carbonyl (C=O) groups excluding carboxylic acids is 3. The zero-order chi connectivity index (χ0) is 39.3. The van der Waals surface area contributed by atoms with E-state index >= 15 is 0 Å². The number of aliphatic carboxylic acids is 1. The minimum atomic E-state index is -1.14. The molecular formula is C45H77NO7. The van der Waals surface area contributed by atoms with Crippen molar-refractivity contribution < 1.29 is 38.2 Å². The van der Waals surface area contributed by atoms with Gasteiger partial charge in [-0.1, -0.05) is 120 Å². The monoisotopic (exact) mass is 744 g/mol. The van der Waals surface area contributed by atoms with Crippen molar-refractivity contribution in [3.63, 3.8) is 0 Å². The molecule has 0 saturated heterocycles. The highest BCUT2D eigenvalue weighted by Crippen LogP contribution is 2.12. The second-order valence-electron chi connectivity index (χ2n) is 14.9. The Bertz CT molecular complexity index is 1050. The Morgan fingerprint density at radius 3 is 1.55 bits per heavy atom. The largest absolute Gasteiger partial charge is 0.544 e. The standard InChI is InChI=1S/C45H77NO7/c1-6-8-10-12-14-16-18-20-21-22-23-24-26-27-29-31-33-35-43(47)52-40-41(39-51-38-37-42(45(49)50)46(3,4)5)53-44(48)36-34-32-30-28-25-19-17-15-13-11-9-7-2/h14-17,20-21,23-24,27,29,41-42H,6-13,18-19,22,25-26,28,30-40H2,1-5H3/b16-14+,17-15+,21-20+,24-23+,29-27+. The lowest BCUT2D eigenvalue weighted by Crippen LogP contribution is -2.55. The van der Waals surface area contributed by atoms with Crippen molar-refractivity contribution in [2.75, 3.05) is 41.0 Å². The third-order valence-electron chi connectivity index (χ3n) is 8.88. The summed E-state index contributed by atoms with van der Waals surface area (Å²) in [6, 6.07) is -0.736. The van der Waals surface area contributed by atoms with Crippen LogP contribution in [0.2, 0.25) is 0 Å². The molecule has 0 aromatic rings. The maximum absolute atomic E-state index is 12.7. The average molecular weight is 744 g/mol. The molecule has 53 heavy (non-hydrogen) atoms. The van der Waals surface area contributed by atoms with Crippen LogP contribution in [-0.2, 0) is 28.6 Å². The Morgan fingerprint density at radius 1 is 0.566 bits per heavy atom. The molecule has 0 aliphatic heterocycles. The highest BCUT2D eigenvalue weighted by molar-refractivity contribution is 5.70. The zero-order valence-corrected chi connectivity index (χ0v) is 34.4. The number of ether oxygens (including phenoxy) is 3. The van der Waals surface area contributed by atoms with Crippen LogP contribution >= 0.6 is 0 Å². The minimum absolute atomic E-state index is 0.0180. The predicted octanol–water partition coefficient (Wildman–Crippen LogP) is 9.69. The summed E-state index contributed by atoms with van der Waals surface area (Å²) in [5, 5.41) is 11.6. The van der Waals surface area contributed by atoms with Gasteiger partial charge < -0.3 is 28.6 Å². The van der Waals surface area contributed by atoms with Gasteiger partial charge in [0, 0.05) is 19.3 Å². The summed E-state index contributed by atoms with van der Waals surface area (Å²) in [5.74, 6) is -1.83. The summed E-state index contributed by atoms with van der Waals surface area (Å²) in [4.78, 5) is 36.7. The second-order valence-corrected chi connectivity index (χ2v) is 14.9. The van der Waals surface area contributed by atoms with Crippen LogP contribution in [0.25, 0.3) is 0 Å². The molecule has 0 heterocycles. The van der Waals surface area contributed by atoms with Crippen LogP contribution in [0.5, 0.6) is 0 Å². The zero-order valence-electron chi connectivity index (χ0n) is 34.4. The third-order valence-corrected chi connectivity index (χ3v) is 8.88. The van der Waals surface area contributed by atoms with Crippen molar-refractivity contribution in [1.29, 1.82) is 0 Å². The van der Waals surface area contributed by atoms with E-state index in [0.717, 1.165) is 64.2 Å².